The molecule has 0 spiro atoms. The number of thioether (sulfide) groups is 1. The number of aromatic amines is 1. The standard InChI is InChI=1S/C43H57ClN8O6S/c1-25(2)20-33(47-42(55)57-6)40(53)52-24-32(59-8)21-31(52)22-46-34(23-45-5)29-15-11-27(12-16-29)28-13-17-30(18-14-28)37-38(44)50-39(48-37)35-10-9-19-51(35)41(54)36(26(3)4)49-43(56)58-7/h11-18,23,25-26,31-33,35-36,46H,5,9-10,19-22,24H2,1-4,6-8H3,(H,47,55)(H,48,50)(H,49,56)/b34-23-/t31-,32-,33-,35-,36-/m0/s1. The number of amides is 4. The van der Waals surface area contributed by atoms with Crippen LogP contribution in [-0.4, -0.2) is 114 Å². The summed E-state index contributed by atoms with van der Waals surface area (Å²) in [6.45, 7) is 13.1. The van der Waals surface area contributed by atoms with Crippen LogP contribution in [0.3, 0.4) is 0 Å². The van der Waals surface area contributed by atoms with Crippen LogP contribution in [0, 0.1) is 11.8 Å². The highest BCUT2D eigenvalue weighted by Gasteiger charge is 2.39. The maximum absolute atomic E-state index is 13.8. The first-order chi connectivity index (χ1) is 28.3. The van der Waals surface area contributed by atoms with Gasteiger partial charge in [-0.15, -0.1) is 0 Å². The van der Waals surface area contributed by atoms with E-state index in [4.69, 9.17) is 26.1 Å². The van der Waals surface area contributed by atoms with Gasteiger partial charge < -0.3 is 40.2 Å². The number of carbonyl (C=O) groups excluding carboxylic acids is 4. The summed E-state index contributed by atoms with van der Waals surface area (Å²) < 4.78 is 9.58. The van der Waals surface area contributed by atoms with Gasteiger partial charge in [0.15, 0.2) is 0 Å². The first-order valence-corrected chi connectivity index (χ1v) is 21.6. The lowest BCUT2D eigenvalue weighted by molar-refractivity contribution is -0.135. The van der Waals surface area contributed by atoms with Crippen LogP contribution in [-0.2, 0) is 19.1 Å². The Labute approximate surface area is 356 Å². The minimum absolute atomic E-state index is 0.0914. The smallest absolute Gasteiger partial charge is 0.407 e. The van der Waals surface area contributed by atoms with Gasteiger partial charge >= 0.3 is 12.2 Å². The van der Waals surface area contributed by atoms with Crippen LogP contribution in [0.15, 0.2) is 59.7 Å². The van der Waals surface area contributed by atoms with Crippen molar-refractivity contribution >= 4 is 59.8 Å². The van der Waals surface area contributed by atoms with Gasteiger partial charge in [0.1, 0.15) is 28.8 Å². The summed E-state index contributed by atoms with van der Waals surface area (Å²) in [6, 6.07) is 14.3. The van der Waals surface area contributed by atoms with Crippen LogP contribution in [0.5, 0.6) is 0 Å². The van der Waals surface area contributed by atoms with Crippen LogP contribution < -0.4 is 16.0 Å². The van der Waals surface area contributed by atoms with E-state index in [9.17, 15) is 19.2 Å². The number of alkyl carbamates (subject to hydrolysis) is 2. The van der Waals surface area contributed by atoms with E-state index in [2.05, 4.69) is 38.9 Å². The number of hydrogen-bond acceptors (Lipinski definition) is 10. The largest absolute Gasteiger partial charge is 0.453 e. The molecule has 0 unspecified atom stereocenters. The van der Waals surface area contributed by atoms with Crippen LogP contribution in [0.1, 0.15) is 70.8 Å². The van der Waals surface area contributed by atoms with Crippen molar-refractivity contribution in [1.82, 2.24) is 35.7 Å². The van der Waals surface area contributed by atoms with Crippen molar-refractivity contribution in [3.05, 3.63) is 71.3 Å². The number of carbonyl (C=O) groups is 4. The summed E-state index contributed by atoms with van der Waals surface area (Å²) in [6.07, 6.45) is 5.31. The molecule has 318 valence electrons. The zero-order chi connectivity index (χ0) is 42.8. The van der Waals surface area contributed by atoms with Gasteiger partial charge in [-0.3, -0.25) is 14.6 Å². The third kappa shape index (κ3) is 11.2. The Bertz CT molecular complexity index is 1970. The average Bonchev–Trinajstić information content (AvgIpc) is 3.99. The van der Waals surface area contributed by atoms with Gasteiger partial charge in [0.2, 0.25) is 11.8 Å². The quantitative estimate of drug-likeness (QED) is 0.110. The predicted octanol–water partition coefficient (Wildman–Crippen LogP) is 7.13. The van der Waals surface area contributed by atoms with E-state index in [1.807, 2.05) is 81.1 Å². The van der Waals surface area contributed by atoms with E-state index in [0.717, 1.165) is 40.8 Å². The fourth-order valence-electron chi connectivity index (χ4n) is 7.72. The molecule has 14 nitrogen and oxygen atoms in total. The fourth-order valence-corrected chi connectivity index (χ4v) is 8.69. The highest BCUT2D eigenvalue weighted by atomic mass is 35.5. The van der Waals surface area contributed by atoms with E-state index >= 15 is 0 Å². The summed E-state index contributed by atoms with van der Waals surface area (Å²) in [7, 11) is 2.57. The number of aromatic nitrogens is 2. The molecule has 1 aromatic heterocycles. The molecule has 4 amide bonds. The molecule has 0 aliphatic carbocycles. The molecule has 59 heavy (non-hydrogen) atoms. The van der Waals surface area contributed by atoms with Crippen molar-refractivity contribution in [2.75, 3.05) is 40.1 Å². The summed E-state index contributed by atoms with van der Waals surface area (Å²) in [5, 5.41) is 9.62. The average molecular weight is 849 g/mol. The van der Waals surface area contributed by atoms with Crippen molar-refractivity contribution in [1.29, 1.82) is 0 Å². The number of aliphatic imine (C=N–C) groups is 1. The third-order valence-electron chi connectivity index (χ3n) is 10.8. The van der Waals surface area contributed by atoms with Gasteiger partial charge in [0, 0.05) is 36.6 Å². The summed E-state index contributed by atoms with van der Waals surface area (Å²) >= 11 is 8.45. The molecule has 16 heteroatoms. The number of nitrogens with one attached hydrogen (secondary N) is 4. The van der Waals surface area contributed by atoms with Crippen LogP contribution in [0.25, 0.3) is 28.1 Å². The maximum atomic E-state index is 13.8. The molecule has 0 radical (unpaired) electrons. The summed E-state index contributed by atoms with van der Waals surface area (Å²) in [4.78, 5) is 67.3. The van der Waals surface area contributed by atoms with E-state index in [1.54, 1.807) is 22.9 Å². The molecule has 2 aromatic carbocycles. The number of ether oxygens (including phenoxy) is 2. The molecule has 2 aliphatic heterocycles. The minimum Gasteiger partial charge on any atom is -0.453 e. The number of H-pyrrole nitrogens is 1. The van der Waals surface area contributed by atoms with Gasteiger partial charge in [-0.1, -0.05) is 87.8 Å². The number of methoxy groups -OCH3 is 2. The number of likely N-dealkylation sites (tertiary alicyclic amines) is 2. The second-order valence-electron chi connectivity index (χ2n) is 15.6. The van der Waals surface area contributed by atoms with Gasteiger partial charge in [-0.25, -0.2) is 14.6 Å². The van der Waals surface area contributed by atoms with Crippen molar-refractivity contribution < 1.29 is 28.7 Å². The van der Waals surface area contributed by atoms with Gasteiger partial charge in [-0.2, -0.15) is 11.8 Å². The Morgan fingerprint density at radius 1 is 0.966 bits per heavy atom. The first-order valence-electron chi connectivity index (χ1n) is 20.0. The number of nitrogens with zero attached hydrogens (tertiary/aromatic N) is 4. The maximum Gasteiger partial charge on any atom is 0.407 e. The number of rotatable bonds is 16. The topological polar surface area (TPSA) is 170 Å². The highest BCUT2D eigenvalue weighted by molar-refractivity contribution is 7.99. The number of hydrogen-bond donors (Lipinski definition) is 4. The molecular formula is C43H57ClN8O6S. The van der Waals surface area contributed by atoms with Crippen molar-refractivity contribution in [2.24, 2.45) is 16.8 Å². The Balaban J connectivity index is 1.26. The summed E-state index contributed by atoms with van der Waals surface area (Å²) in [5.41, 5.74) is 5.11. The van der Waals surface area contributed by atoms with E-state index in [0.29, 0.717) is 49.1 Å². The van der Waals surface area contributed by atoms with Crippen molar-refractivity contribution in [3.63, 3.8) is 0 Å². The molecule has 2 saturated heterocycles. The third-order valence-corrected chi connectivity index (χ3v) is 12.1. The van der Waals surface area contributed by atoms with Gasteiger partial charge in [0.05, 0.1) is 32.0 Å². The first kappa shape index (κ1) is 45.1. The summed E-state index contributed by atoms with van der Waals surface area (Å²) in [5.74, 6) is 0.369. The fraction of sp³-hybridized carbons (Fsp3) is 0.488. The second-order valence-corrected chi connectivity index (χ2v) is 17.2. The van der Waals surface area contributed by atoms with E-state index in [-0.39, 0.29) is 41.0 Å². The molecule has 0 saturated carbocycles. The number of imidazole rings is 1. The van der Waals surface area contributed by atoms with E-state index in [1.165, 1.54) is 14.2 Å². The minimum atomic E-state index is -0.730. The van der Waals surface area contributed by atoms with Crippen LogP contribution in [0.2, 0.25) is 5.15 Å². The van der Waals surface area contributed by atoms with E-state index < -0.39 is 24.3 Å². The number of benzene rings is 2. The Morgan fingerprint density at radius 2 is 1.59 bits per heavy atom. The lowest BCUT2D eigenvalue weighted by Crippen LogP contribution is -2.52. The zero-order valence-electron chi connectivity index (χ0n) is 34.9. The van der Waals surface area contributed by atoms with Crippen molar-refractivity contribution in [3.8, 4) is 22.4 Å². The molecule has 5 rings (SSSR count). The zero-order valence-corrected chi connectivity index (χ0v) is 36.5. The van der Waals surface area contributed by atoms with Crippen LogP contribution >= 0.6 is 23.4 Å². The Morgan fingerprint density at radius 3 is 2.19 bits per heavy atom. The monoisotopic (exact) mass is 848 g/mol. The molecule has 2 fully saturated rings. The SMILES string of the molecule is C=N/C=C(\NC[C@@H]1C[C@H](SC)CN1C(=O)[C@H](CC(C)C)NC(=O)OC)c1ccc(-c2ccc(-c3nc([C@@H]4CCCN4C(=O)[C@@H](NC(=O)OC)C(C)C)[nH]c3Cl)cc2)cc1. The van der Waals surface area contributed by atoms with Gasteiger partial charge in [0.25, 0.3) is 0 Å². The molecule has 0 bridgehead atoms. The Kier molecular flexibility index (Phi) is 15.9. The highest BCUT2D eigenvalue weighted by Crippen LogP contribution is 2.36. The lowest BCUT2D eigenvalue weighted by Gasteiger charge is -2.30. The van der Waals surface area contributed by atoms with Crippen molar-refractivity contribution in [2.45, 2.75) is 82.8 Å². The Hall–Kier alpha value is -5.02. The molecule has 3 aromatic rings. The number of halogens is 1. The second kappa shape index (κ2) is 20.8. The molecule has 5 atom stereocenters. The van der Waals surface area contributed by atoms with Crippen LogP contribution in [0.4, 0.5) is 9.59 Å². The molecular weight excluding hydrogens is 792 g/mol. The van der Waals surface area contributed by atoms with Gasteiger partial charge in [-0.05, 0) is 67.2 Å². The molecule has 2 aliphatic rings. The molecule has 3 heterocycles. The predicted molar refractivity (Wildman–Crippen MR) is 234 cm³/mol. The normalized spacial score (nSPS) is 19.1. The molecule has 4 N–H and O–H groups in total. The lowest BCUT2D eigenvalue weighted by atomic mass is 10.0.